The predicted molar refractivity (Wildman–Crippen MR) is 118 cm³/mol. The van der Waals surface area contributed by atoms with Gasteiger partial charge in [-0.15, -0.1) is 0 Å². The number of nitrogens with zero attached hydrogens (tertiary/aromatic N) is 3. The molecule has 0 aliphatic carbocycles. The smallest absolute Gasteiger partial charge is 0.244 e. The van der Waals surface area contributed by atoms with E-state index in [0.717, 1.165) is 32.4 Å². The first-order valence-electron chi connectivity index (χ1n) is 9.24. The molecule has 0 bridgehead atoms. The molecule has 2 heterocycles. The van der Waals surface area contributed by atoms with Crippen LogP contribution in [0.2, 0.25) is 0 Å². The van der Waals surface area contributed by atoms with Crippen LogP contribution in [0.25, 0.3) is 0 Å². The number of aryl methyl sites for hydroxylation is 2. The number of hydrogen-bond acceptors (Lipinski definition) is 5. The summed E-state index contributed by atoms with van der Waals surface area (Å²) in [6.45, 7) is 5.68. The Bertz CT molecular complexity index is 1110. The normalized spacial score (nSPS) is 13.2. The summed E-state index contributed by atoms with van der Waals surface area (Å²) in [6, 6.07) is 20.0. The van der Waals surface area contributed by atoms with Gasteiger partial charge in [-0.2, -0.15) is 5.26 Å². The van der Waals surface area contributed by atoms with Gasteiger partial charge in [-0.05, 0) is 56.7 Å². The Morgan fingerprint density at radius 1 is 1.10 bits per heavy atom. The van der Waals surface area contributed by atoms with Crippen LogP contribution in [0, 0.1) is 25.2 Å². The van der Waals surface area contributed by atoms with Crippen molar-refractivity contribution >= 4 is 40.8 Å². The van der Waals surface area contributed by atoms with Crippen LogP contribution in [0.4, 0.5) is 11.4 Å². The number of thioether (sulfide) groups is 1. The molecule has 0 radical (unpaired) electrons. The molecular weight excluding hydrogens is 398 g/mol. The first-order valence-corrected chi connectivity index (χ1v) is 10.9. The molecule has 2 aromatic carbocycles. The number of nitriles is 1. The fraction of sp³-hybridized carbons (Fsp3) is 0.174. The SMILES string of the molecule is Cc1cc(C)c(C#N)c(SC(C)C(=O)N2c3ccccc3Sc3ccccc32)n1. The lowest BCUT2D eigenvalue weighted by atomic mass is 10.1. The van der Waals surface area contributed by atoms with Crippen molar-refractivity contribution < 1.29 is 4.79 Å². The van der Waals surface area contributed by atoms with Gasteiger partial charge in [-0.1, -0.05) is 47.8 Å². The van der Waals surface area contributed by atoms with Gasteiger partial charge in [-0.3, -0.25) is 9.69 Å². The van der Waals surface area contributed by atoms with Gasteiger partial charge in [0, 0.05) is 15.5 Å². The molecule has 144 valence electrons. The van der Waals surface area contributed by atoms with E-state index in [0.29, 0.717) is 10.6 Å². The summed E-state index contributed by atoms with van der Waals surface area (Å²) in [6.07, 6.45) is 0. The zero-order valence-electron chi connectivity index (χ0n) is 16.3. The van der Waals surface area contributed by atoms with E-state index in [4.69, 9.17) is 0 Å². The van der Waals surface area contributed by atoms with Crippen LogP contribution < -0.4 is 4.90 Å². The first-order chi connectivity index (χ1) is 14.0. The van der Waals surface area contributed by atoms with Gasteiger partial charge >= 0.3 is 0 Å². The molecule has 1 amide bonds. The second-order valence-corrected chi connectivity index (χ2v) is 9.26. The molecule has 0 fully saturated rings. The molecule has 4 rings (SSSR count). The third-order valence-corrected chi connectivity index (χ3v) is 6.92. The number of carbonyl (C=O) groups excluding carboxylic acids is 1. The number of carbonyl (C=O) groups is 1. The van der Waals surface area contributed by atoms with Crippen LogP contribution >= 0.6 is 23.5 Å². The van der Waals surface area contributed by atoms with Crippen molar-refractivity contribution in [3.05, 3.63) is 71.4 Å². The zero-order valence-corrected chi connectivity index (χ0v) is 18.0. The van der Waals surface area contributed by atoms with Crippen molar-refractivity contribution in [3.8, 4) is 6.07 Å². The van der Waals surface area contributed by atoms with Crippen molar-refractivity contribution in [1.29, 1.82) is 5.26 Å². The lowest BCUT2D eigenvalue weighted by molar-refractivity contribution is -0.117. The van der Waals surface area contributed by atoms with Crippen molar-refractivity contribution in [2.24, 2.45) is 0 Å². The van der Waals surface area contributed by atoms with Crippen molar-refractivity contribution in [3.63, 3.8) is 0 Å². The summed E-state index contributed by atoms with van der Waals surface area (Å²) >= 11 is 3.02. The fourth-order valence-electron chi connectivity index (χ4n) is 3.37. The molecule has 1 aromatic heterocycles. The monoisotopic (exact) mass is 417 g/mol. The quantitative estimate of drug-likeness (QED) is 0.498. The largest absolute Gasteiger partial charge is 0.278 e. The molecular formula is C23H19N3OS2. The summed E-state index contributed by atoms with van der Waals surface area (Å²) in [5, 5.41) is 9.76. The second-order valence-electron chi connectivity index (χ2n) is 6.84. The molecule has 0 N–H and O–H groups in total. The van der Waals surface area contributed by atoms with E-state index < -0.39 is 5.25 Å². The Labute approximate surface area is 179 Å². The van der Waals surface area contributed by atoms with Gasteiger partial charge in [0.1, 0.15) is 11.1 Å². The molecule has 6 heteroatoms. The summed E-state index contributed by atoms with van der Waals surface area (Å²) in [5.41, 5.74) is 4.04. The maximum atomic E-state index is 13.6. The zero-order chi connectivity index (χ0) is 20.5. The molecule has 0 spiro atoms. The number of aromatic nitrogens is 1. The topological polar surface area (TPSA) is 57.0 Å². The minimum Gasteiger partial charge on any atom is -0.278 e. The van der Waals surface area contributed by atoms with Crippen LogP contribution in [0.1, 0.15) is 23.7 Å². The highest BCUT2D eigenvalue weighted by Crippen LogP contribution is 2.48. The van der Waals surface area contributed by atoms with Crippen LogP contribution in [-0.2, 0) is 4.79 Å². The van der Waals surface area contributed by atoms with Crippen LogP contribution in [0.5, 0.6) is 0 Å². The third kappa shape index (κ3) is 3.64. The van der Waals surface area contributed by atoms with Gasteiger partial charge in [0.2, 0.25) is 5.91 Å². The fourth-order valence-corrected chi connectivity index (χ4v) is 5.49. The summed E-state index contributed by atoms with van der Waals surface area (Å²) in [4.78, 5) is 22.0. The highest BCUT2D eigenvalue weighted by molar-refractivity contribution is 8.00. The van der Waals surface area contributed by atoms with E-state index in [1.54, 1.807) is 16.7 Å². The number of fused-ring (bicyclic) bond motifs is 2. The van der Waals surface area contributed by atoms with Crippen LogP contribution in [-0.4, -0.2) is 16.1 Å². The van der Waals surface area contributed by atoms with Gasteiger partial charge in [0.25, 0.3) is 0 Å². The average Bonchev–Trinajstić information content (AvgIpc) is 2.71. The Hall–Kier alpha value is -2.75. The van der Waals surface area contributed by atoms with Gasteiger partial charge in [0.05, 0.1) is 22.2 Å². The highest BCUT2D eigenvalue weighted by Gasteiger charge is 2.31. The first kappa shape index (κ1) is 19.6. The average molecular weight is 418 g/mol. The summed E-state index contributed by atoms with van der Waals surface area (Å²) < 4.78 is 0. The number of para-hydroxylation sites is 2. The molecule has 0 saturated heterocycles. The van der Waals surface area contributed by atoms with E-state index in [1.165, 1.54) is 11.8 Å². The molecule has 1 aliphatic heterocycles. The van der Waals surface area contributed by atoms with Crippen molar-refractivity contribution in [2.75, 3.05) is 4.90 Å². The Kier molecular flexibility index (Phi) is 5.35. The number of benzene rings is 2. The highest BCUT2D eigenvalue weighted by atomic mass is 32.2. The van der Waals surface area contributed by atoms with Crippen LogP contribution in [0.3, 0.4) is 0 Å². The third-order valence-electron chi connectivity index (χ3n) is 4.71. The van der Waals surface area contributed by atoms with Crippen molar-refractivity contribution in [1.82, 2.24) is 4.98 Å². The lowest BCUT2D eigenvalue weighted by Gasteiger charge is -2.32. The molecule has 1 unspecified atom stereocenters. The molecule has 1 aliphatic rings. The second kappa shape index (κ2) is 7.94. The summed E-state index contributed by atoms with van der Waals surface area (Å²) in [7, 11) is 0. The molecule has 1 atom stereocenters. The number of rotatable bonds is 3. The van der Waals surface area contributed by atoms with E-state index in [-0.39, 0.29) is 5.91 Å². The number of hydrogen-bond donors (Lipinski definition) is 0. The minimum atomic E-state index is -0.403. The van der Waals surface area contributed by atoms with Crippen LogP contribution in [0.15, 0.2) is 69.4 Å². The Morgan fingerprint density at radius 3 is 2.28 bits per heavy atom. The number of pyridine rings is 1. The van der Waals surface area contributed by atoms with Gasteiger partial charge in [0.15, 0.2) is 0 Å². The maximum absolute atomic E-state index is 13.6. The molecule has 4 nitrogen and oxygen atoms in total. The maximum Gasteiger partial charge on any atom is 0.244 e. The van der Waals surface area contributed by atoms with E-state index in [2.05, 4.69) is 11.1 Å². The molecule has 29 heavy (non-hydrogen) atoms. The molecule has 3 aromatic rings. The van der Waals surface area contributed by atoms with E-state index in [9.17, 15) is 10.1 Å². The van der Waals surface area contributed by atoms with E-state index in [1.807, 2.05) is 75.4 Å². The van der Waals surface area contributed by atoms with E-state index >= 15 is 0 Å². The van der Waals surface area contributed by atoms with Gasteiger partial charge in [-0.25, -0.2) is 4.98 Å². The minimum absolute atomic E-state index is 0.0277. The Morgan fingerprint density at radius 2 is 1.69 bits per heavy atom. The predicted octanol–water partition coefficient (Wildman–Crippen LogP) is 5.88. The number of amides is 1. The Balaban J connectivity index is 1.72. The lowest BCUT2D eigenvalue weighted by Crippen LogP contribution is -2.34. The standard InChI is InChI=1S/C23H19N3OS2/c1-14-12-15(2)25-22(17(14)13-24)28-16(3)23(27)26-18-8-4-6-10-20(18)29-21-11-7-5-9-19(21)26/h4-12,16H,1-3H3. The van der Waals surface area contributed by atoms with Gasteiger partial charge < -0.3 is 0 Å². The number of anilines is 2. The summed E-state index contributed by atoms with van der Waals surface area (Å²) in [5.74, 6) is -0.0277. The van der Waals surface area contributed by atoms with Crippen molar-refractivity contribution in [2.45, 2.75) is 40.8 Å². The molecule has 0 saturated carbocycles.